The number of benzene rings is 2. The van der Waals surface area contributed by atoms with Crippen molar-refractivity contribution in [2.75, 3.05) is 25.5 Å². The van der Waals surface area contributed by atoms with Crippen LogP contribution in [0, 0.1) is 23.0 Å². The Morgan fingerprint density at radius 1 is 1.23 bits per heavy atom. The summed E-state index contributed by atoms with van der Waals surface area (Å²) >= 11 is 0. The summed E-state index contributed by atoms with van der Waals surface area (Å²) in [6.45, 7) is 2.11. The van der Waals surface area contributed by atoms with E-state index in [4.69, 9.17) is 4.74 Å². The van der Waals surface area contributed by atoms with Gasteiger partial charge in [-0.05, 0) is 49.6 Å². The van der Waals surface area contributed by atoms with Crippen molar-refractivity contribution in [2.24, 2.45) is 5.92 Å². The van der Waals surface area contributed by atoms with Crippen molar-refractivity contribution in [3.63, 3.8) is 0 Å². The van der Waals surface area contributed by atoms with Gasteiger partial charge in [0.2, 0.25) is 15.9 Å². The van der Waals surface area contributed by atoms with Crippen LogP contribution in [0.4, 0.5) is 11.4 Å². The van der Waals surface area contributed by atoms with Gasteiger partial charge in [-0.15, -0.1) is 0 Å². The quantitative estimate of drug-likeness (QED) is 0.553. The summed E-state index contributed by atoms with van der Waals surface area (Å²) < 4.78 is 32.3. The van der Waals surface area contributed by atoms with E-state index in [1.54, 1.807) is 25.1 Å². The van der Waals surface area contributed by atoms with E-state index in [9.17, 15) is 23.3 Å². The summed E-state index contributed by atoms with van der Waals surface area (Å²) in [6.07, 6.45) is 1.08. The highest BCUT2D eigenvalue weighted by molar-refractivity contribution is 7.89. The molecule has 0 spiro atoms. The number of carbonyl (C=O) groups is 1. The number of methoxy groups -OCH3 is 1. The number of hydrogen-bond acceptors (Lipinski definition) is 6. The number of nitrogens with one attached hydrogen (secondary N) is 1. The van der Waals surface area contributed by atoms with Crippen molar-refractivity contribution in [3.8, 4) is 5.75 Å². The number of nitro benzene ring substituents is 1. The summed E-state index contributed by atoms with van der Waals surface area (Å²) in [4.78, 5) is 23.4. The van der Waals surface area contributed by atoms with Gasteiger partial charge in [0.1, 0.15) is 5.75 Å². The molecule has 1 amide bonds. The highest BCUT2D eigenvalue weighted by Gasteiger charge is 2.33. The van der Waals surface area contributed by atoms with Crippen molar-refractivity contribution in [1.29, 1.82) is 0 Å². The van der Waals surface area contributed by atoms with Gasteiger partial charge >= 0.3 is 0 Å². The second-order valence-corrected chi connectivity index (χ2v) is 9.06. The third-order valence-corrected chi connectivity index (χ3v) is 7.02. The molecule has 1 atom stereocenters. The van der Waals surface area contributed by atoms with Crippen LogP contribution >= 0.6 is 0 Å². The molecule has 1 fully saturated rings. The van der Waals surface area contributed by atoms with Gasteiger partial charge in [-0.3, -0.25) is 14.9 Å². The molecule has 3 rings (SSSR count). The van der Waals surface area contributed by atoms with Gasteiger partial charge in [-0.1, -0.05) is 6.07 Å². The lowest BCUT2D eigenvalue weighted by Gasteiger charge is -2.31. The molecule has 2 aromatic carbocycles. The molecule has 1 heterocycles. The Hall–Kier alpha value is -2.98. The van der Waals surface area contributed by atoms with E-state index in [1.165, 1.54) is 35.7 Å². The Bertz CT molecular complexity index is 1050. The fourth-order valence-electron chi connectivity index (χ4n) is 3.36. The van der Waals surface area contributed by atoms with Gasteiger partial charge in [-0.25, -0.2) is 8.42 Å². The number of sulfonamides is 1. The molecule has 30 heavy (non-hydrogen) atoms. The number of carbonyl (C=O) groups excluding carboxylic acids is 1. The first kappa shape index (κ1) is 21.7. The average molecular weight is 433 g/mol. The molecule has 1 saturated heterocycles. The number of aryl methyl sites for hydroxylation is 1. The van der Waals surface area contributed by atoms with Crippen LogP contribution in [0.3, 0.4) is 0 Å². The minimum absolute atomic E-state index is 0.0498. The molecular formula is C20H23N3O6S. The van der Waals surface area contributed by atoms with Crippen LogP contribution in [0.15, 0.2) is 47.4 Å². The maximum absolute atomic E-state index is 13.0. The summed E-state index contributed by atoms with van der Waals surface area (Å²) in [5, 5.41) is 13.7. The Kier molecular flexibility index (Phi) is 6.37. The van der Waals surface area contributed by atoms with Crippen LogP contribution in [0.5, 0.6) is 5.75 Å². The maximum atomic E-state index is 13.0. The van der Waals surface area contributed by atoms with Crippen molar-refractivity contribution in [1.82, 2.24) is 4.31 Å². The highest BCUT2D eigenvalue weighted by atomic mass is 32.2. The Balaban J connectivity index is 1.74. The van der Waals surface area contributed by atoms with E-state index in [0.29, 0.717) is 36.4 Å². The molecule has 1 aliphatic rings. The van der Waals surface area contributed by atoms with E-state index in [0.717, 1.165) is 0 Å². The number of nitro groups is 1. The van der Waals surface area contributed by atoms with E-state index < -0.39 is 20.9 Å². The fraction of sp³-hybridized carbons (Fsp3) is 0.350. The molecule has 10 heteroatoms. The zero-order valence-corrected chi connectivity index (χ0v) is 17.5. The van der Waals surface area contributed by atoms with Crippen LogP contribution in [0.1, 0.15) is 18.4 Å². The van der Waals surface area contributed by atoms with Crippen molar-refractivity contribution < 1.29 is 22.9 Å². The monoisotopic (exact) mass is 433 g/mol. The van der Waals surface area contributed by atoms with E-state index in [1.807, 2.05) is 0 Å². The van der Waals surface area contributed by atoms with Gasteiger partial charge < -0.3 is 10.1 Å². The largest absolute Gasteiger partial charge is 0.497 e. The second kappa shape index (κ2) is 8.80. The normalized spacial score (nSPS) is 17.3. The molecule has 0 aromatic heterocycles. The van der Waals surface area contributed by atoms with Gasteiger partial charge in [0.05, 0.1) is 28.5 Å². The summed E-state index contributed by atoms with van der Waals surface area (Å²) in [6, 6.07) is 10.3. The lowest BCUT2D eigenvalue weighted by Crippen LogP contribution is -2.43. The summed E-state index contributed by atoms with van der Waals surface area (Å²) in [5.41, 5.74) is 0.917. The Morgan fingerprint density at radius 2 is 1.93 bits per heavy atom. The number of hydrogen-bond donors (Lipinski definition) is 1. The van der Waals surface area contributed by atoms with Gasteiger partial charge in [0.15, 0.2) is 0 Å². The third-order valence-electron chi connectivity index (χ3n) is 5.14. The number of piperidine rings is 1. The molecular weight excluding hydrogens is 410 g/mol. The molecule has 1 N–H and O–H groups in total. The van der Waals surface area contributed by atoms with Gasteiger partial charge in [0, 0.05) is 25.2 Å². The predicted octanol–water partition coefficient (Wildman–Crippen LogP) is 2.95. The number of rotatable bonds is 6. The topological polar surface area (TPSA) is 119 Å². The summed E-state index contributed by atoms with van der Waals surface area (Å²) in [7, 11) is -2.24. The van der Waals surface area contributed by atoms with E-state index in [-0.39, 0.29) is 23.0 Å². The van der Waals surface area contributed by atoms with Gasteiger partial charge in [0.25, 0.3) is 5.69 Å². The molecule has 0 radical (unpaired) electrons. The van der Waals surface area contributed by atoms with E-state index >= 15 is 0 Å². The molecule has 9 nitrogen and oxygen atoms in total. The molecule has 0 saturated carbocycles. The Labute approximate surface area is 174 Å². The first-order valence-electron chi connectivity index (χ1n) is 9.42. The molecule has 0 bridgehead atoms. The average Bonchev–Trinajstić information content (AvgIpc) is 2.75. The van der Waals surface area contributed by atoms with Crippen LogP contribution < -0.4 is 10.1 Å². The predicted molar refractivity (Wildman–Crippen MR) is 111 cm³/mol. The zero-order valence-electron chi connectivity index (χ0n) is 16.7. The van der Waals surface area contributed by atoms with Crippen LogP contribution in [0.2, 0.25) is 0 Å². The van der Waals surface area contributed by atoms with Crippen LogP contribution in [-0.2, 0) is 14.8 Å². The molecule has 1 aliphatic heterocycles. The Morgan fingerprint density at radius 3 is 2.57 bits per heavy atom. The SMILES string of the molecule is COc1ccc(S(=O)(=O)N2CCCC(C(=O)Nc3cc([N+](=O)[O-])ccc3C)C2)cc1. The lowest BCUT2D eigenvalue weighted by atomic mass is 9.98. The fourth-order valence-corrected chi connectivity index (χ4v) is 4.89. The lowest BCUT2D eigenvalue weighted by molar-refractivity contribution is -0.384. The minimum atomic E-state index is -3.74. The van der Waals surface area contributed by atoms with Crippen LogP contribution in [0.25, 0.3) is 0 Å². The van der Waals surface area contributed by atoms with Crippen molar-refractivity contribution >= 4 is 27.3 Å². The molecule has 1 unspecified atom stereocenters. The first-order chi connectivity index (χ1) is 14.2. The number of nitrogens with zero attached hydrogens (tertiary/aromatic N) is 2. The number of amides is 1. The highest BCUT2D eigenvalue weighted by Crippen LogP contribution is 2.27. The standard InChI is InChI=1S/C20H23N3O6S/c1-14-5-6-16(23(25)26)12-19(14)21-20(24)15-4-3-11-22(13-15)30(27,28)18-9-7-17(29-2)8-10-18/h5-10,12,15H,3-4,11,13H2,1-2H3,(H,21,24). The zero-order chi connectivity index (χ0) is 21.9. The van der Waals surface area contributed by atoms with Crippen LogP contribution in [-0.4, -0.2) is 43.8 Å². The first-order valence-corrected chi connectivity index (χ1v) is 10.9. The number of anilines is 1. The minimum Gasteiger partial charge on any atom is -0.497 e. The van der Waals surface area contributed by atoms with Gasteiger partial charge in [-0.2, -0.15) is 4.31 Å². The maximum Gasteiger partial charge on any atom is 0.271 e. The molecule has 2 aromatic rings. The van der Waals surface area contributed by atoms with Crippen molar-refractivity contribution in [3.05, 3.63) is 58.1 Å². The third kappa shape index (κ3) is 4.60. The second-order valence-electron chi connectivity index (χ2n) is 7.12. The number of non-ortho nitro benzene ring substituents is 1. The molecule has 160 valence electrons. The smallest absolute Gasteiger partial charge is 0.271 e. The van der Waals surface area contributed by atoms with Crippen molar-refractivity contribution in [2.45, 2.75) is 24.7 Å². The molecule has 0 aliphatic carbocycles. The van der Waals surface area contributed by atoms with E-state index in [2.05, 4.69) is 5.32 Å². The summed E-state index contributed by atoms with van der Waals surface area (Å²) in [5.74, 6) is -0.351. The number of ether oxygens (including phenoxy) is 1.